The third kappa shape index (κ3) is 5.38. The highest BCUT2D eigenvalue weighted by Crippen LogP contribution is 2.41. The number of aliphatic hydroxyl groups excluding tert-OH is 2. The number of halogens is 1. The summed E-state index contributed by atoms with van der Waals surface area (Å²) in [4.78, 5) is 28.8. The molecule has 1 aromatic carbocycles. The van der Waals surface area contributed by atoms with Crippen molar-refractivity contribution in [3.05, 3.63) is 45.7 Å². The van der Waals surface area contributed by atoms with Gasteiger partial charge in [-0.15, -0.1) is 0 Å². The van der Waals surface area contributed by atoms with E-state index in [-0.39, 0.29) is 30.3 Å². The Morgan fingerprint density at radius 1 is 1.19 bits per heavy atom. The first-order chi connectivity index (χ1) is 20.2. The van der Waals surface area contributed by atoms with Gasteiger partial charge in [-0.25, -0.2) is 14.4 Å². The van der Waals surface area contributed by atoms with Crippen molar-refractivity contribution in [2.24, 2.45) is 0 Å². The molecule has 2 atom stereocenters. The highest BCUT2D eigenvalue weighted by Gasteiger charge is 2.35. The summed E-state index contributed by atoms with van der Waals surface area (Å²) >= 11 is 2.76. The minimum Gasteiger partial charge on any atom is -0.396 e. The Bertz CT molecular complexity index is 1640. The molecule has 2 N–H and O–H groups in total. The zero-order valence-corrected chi connectivity index (χ0v) is 24.9. The van der Waals surface area contributed by atoms with Gasteiger partial charge in [0.05, 0.1) is 18.3 Å². The first kappa shape index (κ1) is 28.6. The number of benzene rings is 1. The molecule has 11 nitrogen and oxygen atoms in total. The van der Waals surface area contributed by atoms with Gasteiger partial charge in [0, 0.05) is 50.7 Å². The number of β-amino-alcohol motifs (C(OH)–C–C–N with tert-alkyl or cyclic N) is 1. The Morgan fingerprint density at radius 2 is 1.95 bits per heavy atom. The van der Waals surface area contributed by atoms with E-state index in [1.807, 2.05) is 19.0 Å². The molecule has 1 aliphatic carbocycles. The zero-order valence-electron chi connectivity index (χ0n) is 23.3. The third-order valence-electron chi connectivity index (χ3n) is 8.03. The fourth-order valence-electron chi connectivity index (χ4n) is 5.67. The molecule has 1 saturated heterocycles. The number of aliphatic hydroxyl groups is 2. The number of imidazole rings is 1. The Labute approximate surface area is 250 Å². The average molecular weight is 611 g/mol. The number of likely N-dealkylation sites (N-methyl/N-ethyl adjacent to an activating group) is 1. The van der Waals surface area contributed by atoms with Crippen molar-refractivity contribution in [2.75, 3.05) is 45.2 Å². The van der Waals surface area contributed by atoms with Crippen molar-refractivity contribution in [3.63, 3.8) is 0 Å². The van der Waals surface area contributed by atoms with Crippen LogP contribution in [0, 0.1) is 17.1 Å². The van der Waals surface area contributed by atoms with Gasteiger partial charge >= 0.3 is 0 Å². The lowest BCUT2D eigenvalue weighted by atomic mass is 10.1. The van der Waals surface area contributed by atoms with Crippen molar-refractivity contribution < 1.29 is 19.4 Å². The molecule has 2 fully saturated rings. The fourth-order valence-corrected chi connectivity index (χ4v) is 7.58. The number of hydrogen-bond donors (Lipinski definition) is 2. The van der Waals surface area contributed by atoms with E-state index in [2.05, 4.69) is 11.0 Å². The van der Waals surface area contributed by atoms with Crippen LogP contribution in [0.25, 0.3) is 16.2 Å². The molecule has 14 heteroatoms. The van der Waals surface area contributed by atoms with E-state index in [0.717, 1.165) is 29.2 Å². The Kier molecular flexibility index (Phi) is 7.95. The molecule has 1 unspecified atom stereocenters. The summed E-state index contributed by atoms with van der Waals surface area (Å²) < 4.78 is 15.3. The van der Waals surface area contributed by atoms with Gasteiger partial charge in [0.1, 0.15) is 27.5 Å². The van der Waals surface area contributed by atoms with Crippen molar-refractivity contribution in [1.82, 2.24) is 29.4 Å². The smallest absolute Gasteiger partial charge is 0.236 e. The molecule has 4 heterocycles. The van der Waals surface area contributed by atoms with E-state index in [1.165, 1.54) is 34.8 Å². The Hall–Kier alpha value is -3.48. The summed E-state index contributed by atoms with van der Waals surface area (Å²) in [6.45, 7) is 1.09. The minimum absolute atomic E-state index is 0.0485. The number of aromatic nitrogens is 4. The molecule has 0 bridgehead atoms. The summed E-state index contributed by atoms with van der Waals surface area (Å²) in [5.74, 6) is 0.604. The van der Waals surface area contributed by atoms with Gasteiger partial charge in [-0.1, -0.05) is 22.7 Å². The second-order valence-electron chi connectivity index (χ2n) is 10.9. The van der Waals surface area contributed by atoms with Gasteiger partial charge in [0.15, 0.2) is 10.9 Å². The second-order valence-corrected chi connectivity index (χ2v) is 12.8. The van der Waals surface area contributed by atoms with Crippen LogP contribution in [0.3, 0.4) is 0 Å². The molecule has 6 rings (SSSR count). The van der Waals surface area contributed by atoms with E-state index in [4.69, 9.17) is 15.1 Å². The highest BCUT2D eigenvalue weighted by atomic mass is 32.1. The molecule has 1 aliphatic heterocycles. The molecule has 2 aliphatic rings. The number of thiazole rings is 1. The first-order valence-electron chi connectivity index (χ1n) is 13.8. The molecule has 42 heavy (non-hydrogen) atoms. The number of rotatable bonds is 9. The molecule has 220 valence electrons. The summed E-state index contributed by atoms with van der Waals surface area (Å²) in [7, 11) is 3.82. The molecular weight excluding hydrogens is 579 g/mol. The zero-order chi connectivity index (χ0) is 29.5. The quantitative estimate of drug-likeness (QED) is 0.293. The van der Waals surface area contributed by atoms with Crippen LogP contribution in [0.2, 0.25) is 0 Å². The van der Waals surface area contributed by atoms with Gasteiger partial charge in [0.25, 0.3) is 0 Å². The number of carbonyl (C=O) groups is 1. The predicted octanol–water partition coefficient (Wildman–Crippen LogP) is 3.00. The molecule has 0 radical (unpaired) electrons. The number of carbonyl (C=O) groups excluding carboxylic acids is 1. The largest absolute Gasteiger partial charge is 0.396 e. The Morgan fingerprint density at radius 3 is 2.64 bits per heavy atom. The van der Waals surface area contributed by atoms with Crippen molar-refractivity contribution in [3.8, 4) is 17.3 Å². The molecule has 1 amide bonds. The average Bonchev–Trinajstić information content (AvgIpc) is 3.74. The van der Waals surface area contributed by atoms with Gasteiger partial charge in [-0.05, 0) is 50.6 Å². The van der Waals surface area contributed by atoms with Crippen LogP contribution in [0.4, 0.5) is 15.3 Å². The van der Waals surface area contributed by atoms with Crippen LogP contribution in [-0.4, -0.2) is 98.0 Å². The number of nitrogens with zero attached hydrogens (tertiary/aromatic N) is 8. The summed E-state index contributed by atoms with van der Waals surface area (Å²) in [5.41, 5.74) is 1.82. The molecule has 0 spiro atoms. The van der Waals surface area contributed by atoms with Crippen LogP contribution in [0.1, 0.15) is 40.8 Å². The monoisotopic (exact) mass is 610 g/mol. The van der Waals surface area contributed by atoms with Crippen LogP contribution < -0.4 is 4.90 Å². The van der Waals surface area contributed by atoms with E-state index in [0.29, 0.717) is 58.8 Å². The second kappa shape index (κ2) is 11.7. The number of anilines is 2. The number of hydrogen-bond acceptors (Lipinski definition) is 11. The molecule has 1 saturated carbocycles. The Balaban J connectivity index is 1.23. The lowest BCUT2D eigenvalue weighted by Gasteiger charge is -2.37. The molecular formula is C28H31FN8O3S2. The lowest BCUT2D eigenvalue weighted by Crippen LogP contribution is -2.56. The maximum Gasteiger partial charge on any atom is 0.236 e. The summed E-state index contributed by atoms with van der Waals surface area (Å²) in [5, 5.41) is 35.5. The van der Waals surface area contributed by atoms with E-state index in [9.17, 15) is 24.7 Å². The highest BCUT2D eigenvalue weighted by molar-refractivity contribution is 7.17. The van der Waals surface area contributed by atoms with Gasteiger partial charge in [-0.2, -0.15) is 14.9 Å². The minimum atomic E-state index is -0.401. The van der Waals surface area contributed by atoms with E-state index < -0.39 is 6.10 Å². The maximum atomic E-state index is 13.5. The fraction of sp³-hybridized carbons (Fsp3) is 0.464. The van der Waals surface area contributed by atoms with Crippen LogP contribution in [0.15, 0.2) is 24.3 Å². The topological polar surface area (TPSA) is 134 Å². The number of likely N-dealkylation sites (tertiary alicyclic amines) is 1. The molecule has 4 aromatic rings. The first-order valence-corrected chi connectivity index (χ1v) is 15.4. The molecule has 3 aromatic heterocycles. The summed E-state index contributed by atoms with van der Waals surface area (Å²) in [6.07, 6.45) is 2.74. The standard InChI is InChI=1S/C28H31FN8O3S2/c1-34(15-23(40)36-13-20(39)14-36)19-8-5-17(11-19)25-33-37-26(21(9-10-38)31-28(37)42-25)35(2)27-32-24(22(12-30)41-27)16-3-6-18(29)7-4-16/h3-4,6-7,17,19-20,38-39H,5,8-11,13-15H2,1-2H3/t17?,19-/m1/s1. The number of nitriles is 1. The normalized spacial score (nSPS) is 19.0. The van der Waals surface area contributed by atoms with Crippen molar-refractivity contribution in [2.45, 2.75) is 43.7 Å². The number of amides is 1. The van der Waals surface area contributed by atoms with Crippen LogP contribution in [0.5, 0.6) is 0 Å². The predicted molar refractivity (Wildman–Crippen MR) is 158 cm³/mol. The van der Waals surface area contributed by atoms with Crippen LogP contribution in [-0.2, 0) is 11.2 Å². The third-order valence-corrected chi connectivity index (χ3v) is 10.1. The van der Waals surface area contributed by atoms with Crippen LogP contribution >= 0.6 is 22.7 Å². The van der Waals surface area contributed by atoms with Gasteiger partial charge in [-0.3, -0.25) is 9.69 Å². The van der Waals surface area contributed by atoms with E-state index in [1.54, 1.807) is 21.5 Å². The van der Waals surface area contributed by atoms with Crippen molar-refractivity contribution >= 4 is 44.5 Å². The summed E-state index contributed by atoms with van der Waals surface area (Å²) in [6, 6.07) is 8.37. The maximum absolute atomic E-state index is 13.5. The SMILES string of the molecule is CN(c1nc(-c2ccc(F)cc2)c(C#N)s1)c1c(CCO)nc2sc(C3CC[C@@H](N(C)CC(=O)N4CC(O)C4)C3)nn12. The van der Waals surface area contributed by atoms with E-state index >= 15 is 0 Å². The van der Waals surface area contributed by atoms with Gasteiger partial charge < -0.3 is 20.0 Å². The van der Waals surface area contributed by atoms with Gasteiger partial charge in [0.2, 0.25) is 10.9 Å². The van der Waals surface area contributed by atoms with Crippen molar-refractivity contribution in [1.29, 1.82) is 5.26 Å². The number of fused-ring (bicyclic) bond motifs is 1. The lowest BCUT2D eigenvalue weighted by molar-refractivity contribution is -0.142.